The zero-order valence-electron chi connectivity index (χ0n) is 13.9. The third-order valence-corrected chi connectivity index (χ3v) is 4.15. The molecule has 3 N–H and O–H groups in total. The summed E-state index contributed by atoms with van der Waals surface area (Å²) in [7, 11) is 0. The van der Waals surface area contributed by atoms with E-state index in [-0.39, 0.29) is 5.91 Å². The second-order valence-electron chi connectivity index (χ2n) is 6.07. The van der Waals surface area contributed by atoms with E-state index < -0.39 is 0 Å². The number of benzene rings is 1. The van der Waals surface area contributed by atoms with Crippen LogP contribution < -0.4 is 11.1 Å². The standard InChI is InChI=1S/C18H29N3O2/c19-10-7-18(22)20-11-4-14-23-17-8-12-21(13-9-17)15-16-5-2-1-3-6-16/h1-3,5-6,17H,4,7-15,19H2,(H,20,22). The van der Waals surface area contributed by atoms with Crippen LogP contribution in [0.15, 0.2) is 30.3 Å². The van der Waals surface area contributed by atoms with Gasteiger partial charge in [-0.05, 0) is 24.8 Å². The van der Waals surface area contributed by atoms with Gasteiger partial charge in [0.1, 0.15) is 0 Å². The Labute approximate surface area is 139 Å². The number of nitrogens with one attached hydrogen (secondary N) is 1. The van der Waals surface area contributed by atoms with Crippen molar-refractivity contribution in [1.82, 2.24) is 10.2 Å². The maximum atomic E-state index is 11.3. The van der Waals surface area contributed by atoms with Crippen LogP contribution in [-0.2, 0) is 16.1 Å². The number of hydrogen-bond donors (Lipinski definition) is 2. The Bertz CT molecular complexity index is 445. The number of amides is 1. The number of carbonyl (C=O) groups excluding carboxylic acids is 1. The summed E-state index contributed by atoms with van der Waals surface area (Å²) in [5.74, 6) is 0.0294. The molecule has 23 heavy (non-hydrogen) atoms. The highest BCUT2D eigenvalue weighted by molar-refractivity contribution is 5.75. The van der Waals surface area contributed by atoms with Crippen molar-refractivity contribution < 1.29 is 9.53 Å². The summed E-state index contributed by atoms with van der Waals surface area (Å²) in [5, 5.41) is 2.85. The summed E-state index contributed by atoms with van der Waals surface area (Å²) in [6.07, 6.45) is 3.81. The van der Waals surface area contributed by atoms with Gasteiger partial charge >= 0.3 is 0 Å². The van der Waals surface area contributed by atoms with E-state index in [4.69, 9.17) is 10.5 Å². The van der Waals surface area contributed by atoms with Crippen LogP contribution in [0.2, 0.25) is 0 Å². The average molecular weight is 319 g/mol. The molecule has 0 aliphatic carbocycles. The molecule has 2 rings (SSSR count). The second kappa shape index (κ2) is 10.4. The third kappa shape index (κ3) is 7.12. The minimum atomic E-state index is 0.0294. The number of rotatable bonds is 9. The minimum Gasteiger partial charge on any atom is -0.378 e. The molecule has 1 aromatic carbocycles. The van der Waals surface area contributed by atoms with Gasteiger partial charge in [-0.1, -0.05) is 30.3 Å². The molecule has 0 bridgehead atoms. The van der Waals surface area contributed by atoms with E-state index in [1.54, 1.807) is 0 Å². The largest absolute Gasteiger partial charge is 0.378 e. The smallest absolute Gasteiger partial charge is 0.221 e. The van der Waals surface area contributed by atoms with Crippen LogP contribution in [0.5, 0.6) is 0 Å². The van der Waals surface area contributed by atoms with Crippen molar-refractivity contribution >= 4 is 5.91 Å². The van der Waals surface area contributed by atoms with Crippen LogP contribution >= 0.6 is 0 Å². The highest BCUT2D eigenvalue weighted by atomic mass is 16.5. The third-order valence-electron chi connectivity index (χ3n) is 4.15. The van der Waals surface area contributed by atoms with Gasteiger partial charge < -0.3 is 15.8 Å². The van der Waals surface area contributed by atoms with Gasteiger partial charge in [-0.15, -0.1) is 0 Å². The number of nitrogens with zero attached hydrogens (tertiary/aromatic N) is 1. The predicted octanol–water partition coefficient (Wildman–Crippen LogP) is 1.52. The molecular weight excluding hydrogens is 290 g/mol. The molecule has 0 atom stereocenters. The first-order valence-electron chi connectivity index (χ1n) is 8.62. The van der Waals surface area contributed by atoms with Crippen LogP contribution in [0.1, 0.15) is 31.2 Å². The van der Waals surface area contributed by atoms with E-state index in [0.717, 1.165) is 38.9 Å². The zero-order valence-corrected chi connectivity index (χ0v) is 13.9. The molecule has 5 nitrogen and oxygen atoms in total. The SMILES string of the molecule is NCCC(=O)NCCCOC1CCN(Cc2ccccc2)CC1. The molecule has 1 heterocycles. The first kappa shape index (κ1) is 17.9. The van der Waals surface area contributed by atoms with E-state index in [9.17, 15) is 4.79 Å². The van der Waals surface area contributed by atoms with Gasteiger partial charge in [0.25, 0.3) is 0 Å². The highest BCUT2D eigenvalue weighted by Gasteiger charge is 2.19. The molecule has 0 radical (unpaired) electrons. The number of piperidine rings is 1. The molecule has 1 aliphatic rings. The van der Waals surface area contributed by atoms with Crippen LogP contribution in [0.4, 0.5) is 0 Å². The summed E-state index contributed by atoms with van der Waals surface area (Å²) >= 11 is 0. The van der Waals surface area contributed by atoms with Gasteiger partial charge in [0.05, 0.1) is 6.10 Å². The van der Waals surface area contributed by atoms with E-state index in [1.165, 1.54) is 5.56 Å². The molecule has 0 spiro atoms. The fourth-order valence-electron chi connectivity index (χ4n) is 2.85. The number of carbonyl (C=O) groups is 1. The summed E-state index contributed by atoms with van der Waals surface area (Å²) in [5.41, 5.74) is 6.70. The Morgan fingerprint density at radius 2 is 2.00 bits per heavy atom. The molecule has 1 fully saturated rings. The van der Waals surface area contributed by atoms with Gasteiger partial charge in [0, 0.05) is 45.8 Å². The van der Waals surface area contributed by atoms with Crippen molar-refractivity contribution in [2.45, 2.75) is 38.3 Å². The Balaban J connectivity index is 1.52. The number of nitrogens with two attached hydrogens (primary N) is 1. The normalized spacial score (nSPS) is 16.4. The van der Waals surface area contributed by atoms with Gasteiger partial charge in [0.2, 0.25) is 5.91 Å². The van der Waals surface area contributed by atoms with Crippen molar-refractivity contribution in [3.05, 3.63) is 35.9 Å². The molecule has 1 aliphatic heterocycles. The zero-order chi connectivity index (χ0) is 16.3. The molecule has 0 saturated carbocycles. The van der Waals surface area contributed by atoms with Crippen LogP contribution in [0.3, 0.4) is 0 Å². The van der Waals surface area contributed by atoms with Crippen LogP contribution in [0, 0.1) is 0 Å². The predicted molar refractivity (Wildman–Crippen MR) is 92.0 cm³/mol. The number of likely N-dealkylation sites (tertiary alicyclic amines) is 1. The first-order valence-corrected chi connectivity index (χ1v) is 8.62. The lowest BCUT2D eigenvalue weighted by atomic mass is 10.1. The molecular formula is C18H29N3O2. The van der Waals surface area contributed by atoms with Crippen molar-refractivity contribution in [2.75, 3.05) is 32.8 Å². The minimum absolute atomic E-state index is 0.0294. The first-order chi connectivity index (χ1) is 11.3. The Kier molecular flexibility index (Phi) is 8.07. The summed E-state index contributed by atoms with van der Waals surface area (Å²) in [4.78, 5) is 13.7. The monoisotopic (exact) mass is 319 g/mol. The van der Waals surface area contributed by atoms with Crippen molar-refractivity contribution in [1.29, 1.82) is 0 Å². The van der Waals surface area contributed by atoms with Gasteiger partial charge in [-0.2, -0.15) is 0 Å². The average Bonchev–Trinajstić information content (AvgIpc) is 2.57. The number of ether oxygens (including phenoxy) is 1. The van der Waals surface area contributed by atoms with Crippen LogP contribution in [-0.4, -0.2) is 49.7 Å². The van der Waals surface area contributed by atoms with E-state index in [0.29, 0.717) is 32.2 Å². The second-order valence-corrected chi connectivity index (χ2v) is 6.07. The Morgan fingerprint density at radius 1 is 1.26 bits per heavy atom. The maximum Gasteiger partial charge on any atom is 0.221 e. The molecule has 5 heteroatoms. The molecule has 0 aromatic heterocycles. The van der Waals surface area contributed by atoms with Crippen molar-refractivity contribution in [3.8, 4) is 0 Å². The fourth-order valence-corrected chi connectivity index (χ4v) is 2.85. The maximum absolute atomic E-state index is 11.3. The van der Waals surface area contributed by atoms with Crippen LogP contribution in [0.25, 0.3) is 0 Å². The lowest BCUT2D eigenvalue weighted by molar-refractivity contribution is -0.120. The van der Waals surface area contributed by atoms with E-state index >= 15 is 0 Å². The van der Waals surface area contributed by atoms with Gasteiger partial charge in [0.15, 0.2) is 0 Å². The fraction of sp³-hybridized carbons (Fsp3) is 0.611. The highest BCUT2D eigenvalue weighted by Crippen LogP contribution is 2.16. The molecule has 1 aromatic rings. The number of hydrogen-bond acceptors (Lipinski definition) is 4. The van der Waals surface area contributed by atoms with Crippen molar-refractivity contribution in [2.24, 2.45) is 5.73 Å². The summed E-state index contributed by atoms with van der Waals surface area (Å²) in [6.45, 7) is 5.00. The van der Waals surface area contributed by atoms with Gasteiger partial charge in [-0.25, -0.2) is 0 Å². The molecule has 0 unspecified atom stereocenters. The van der Waals surface area contributed by atoms with Crippen molar-refractivity contribution in [3.63, 3.8) is 0 Å². The topological polar surface area (TPSA) is 67.6 Å². The molecule has 1 saturated heterocycles. The quantitative estimate of drug-likeness (QED) is 0.677. The lowest BCUT2D eigenvalue weighted by Gasteiger charge is -2.32. The summed E-state index contributed by atoms with van der Waals surface area (Å²) < 4.78 is 5.92. The van der Waals surface area contributed by atoms with E-state index in [2.05, 4.69) is 40.5 Å². The van der Waals surface area contributed by atoms with Gasteiger partial charge in [-0.3, -0.25) is 9.69 Å². The molecule has 128 valence electrons. The Hall–Kier alpha value is -1.43. The van der Waals surface area contributed by atoms with E-state index in [1.807, 2.05) is 0 Å². The lowest BCUT2D eigenvalue weighted by Crippen LogP contribution is -2.37. The molecule has 1 amide bonds. The summed E-state index contributed by atoms with van der Waals surface area (Å²) in [6, 6.07) is 10.6. The Morgan fingerprint density at radius 3 is 2.70 bits per heavy atom.